The van der Waals surface area contributed by atoms with Gasteiger partial charge in [0, 0.05) is 6.54 Å². The summed E-state index contributed by atoms with van der Waals surface area (Å²) < 4.78 is 66.8. The van der Waals surface area contributed by atoms with Crippen molar-refractivity contribution in [1.82, 2.24) is 19.4 Å². The zero-order chi connectivity index (χ0) is 24.8. The van der Waals surface area contributed by atoms with Crippen LogP contribution in [0.3, 0.4) is 0 Å². The van der Waals surface area contributed by atoms with Crippen molar-refractivity contribution in [3.8, 4) is 11.8 Å². The van der Waals surface area contributed by atoms with Gasteiger partial charge in [0.15, 0.2) is 0 Å². The maximum atomic E-state index is 12.9. The molecule has 2 aromatic rings. The molecule has 0 radical (unpaired) electrons. The molecule has 182 valence electrons. The Morgan fingerprint density at radius 3 is 2.09 bits per heavy atom. The Bertz CT molecular complexity index is 1250. The summed E-state index contributed by atoms with van der Waals surface area (Å²) in [6, 6.07) is 3.58. The number of anilines is 1. The van der Waals surface area contributed by atoms with E-state index in [9.17, 15) is 26.4 Å². The van der Waals surface area contributed by atoms with Gasteiger partial charge in [0.05, 0.1) is 39.2 Å². The molecule has 1 aromatic heterocycles. The van der Waals surface area contributed by atoms with Crippen molar-refractivity contribution in [3.05, 3.63) is 35.4 Å². The number of aromatic nitrogens is 2. The number of urea groups is 1. The number of carbonyl (C=O) groups excluding carboxylic acids is 2. The number of carbonyl (C=O) groups is 2. The van der Waals surface area contributed by atoms with Crippen molar-refractivity contribution < 1.29 is 71.6 Å². The maximum Gasteiger partial charge on any atom is 1.00 e. The molecule has 2 amide bonds. The molecule has 0 aliphatic heterocycles. The smallest absolute Gasteiger partial charge is 1.00 e. The monoisotopic (exact) mass is 527 g/mol. The van der Waals surface area contributed by atoms with Crippen LogP contribution in [0.4, 0.5) is 10.7 Å². The zero-order valence-electron chi connectivity index (χ0n) is 19.9. The van der Waals surface area contributed by atoms with E-state index in [4.69, 9.17) is 9.47 Å². The van der Waals surface area contributed by atoms with Gasteiger partial charge in [0.25, 0.3) is 10.0 Å². The third kappa shape index (κ3) is 8.37. The van der Waals surface area contributed by atoms with Gasteiger partial charge in [-0.3, -0.25) is 5.32 Å². The molecular weight excluding hydrogens is 505 g/mol. The standard InChI is InChI=1S/C17H21N5O9S2.Na.H/c1-29-13-8-14(30-2)20-16(19-13)21-17(24)22-33(27,28)12-7-10(9-18-32(4,25)26)5-6-11(12)15(23)31-3;;/h5-8,18H,9H2,1-4H3,(H2,19,20,21,22,24);;/q;+1;-1. The van der Waals surface area contributed by atoms with E-state index in [-0.39, 0.29) is 66.4 Å². The number of amides is 2. The molecule has 0 fully saturated rings. The van der Waals surface area contributed by atoms with E-state index in [1.165, 1.54) is 26.4 Å². The van der Waals surface area contributed by atoms with E-state index >= 15 is 0 Å². The number of sulfonamides is 2. The first-order valence-electron chi connectivity index (χ1n) is 8.85. The van der Waals surface area contributed by atoms with E-state index in [0.29, 0.717) is 0 Å². The summed E-state index contributed by atoms with van der Waals surface area (Å²) in [7, 11) is -4.53. The first-order valence-corrected chi connectivity index (χ1v) is 12.2. The van der Waals surface area contributed by atoms with Crippen molar-refractivity contribution >= 4 is 38.0 Å². The molecule has 1 aromatic carbocycles. The number of methoxy groups -OCH3 is 3. The molecule has 2 rings (SSSR count). The van der Waals surface area contributed by atoms with Gasteiger partial charge in [0.2, 0.25) is 27.7 Å². The van der Waals surface area contributed by atoms with E-state index in [0.717, 1.165) is 25.5 Å². The molecule has 0 aliphatic carbocycles. The summed E-state index contributed by atoms with van der Waals surface area (Å²) in [4.78, 5) is 31.5. The third-order valence-corrected chi connectivity index (χ3v) is 5.87. The predicted molar refractivity (Wildman–Crippen MR) is 115 cm³/mol. The quantitative estimate of drug-likeness (QED) is 0.222. The fraction of sp³-hybridized carbons (Fsp3) is 0.294. The number of hydrogen-bond acceptors (Lipinski definition) is 11. The van der Waals surface area contributed by atoms with Gasteiger partial charge in [-0.05, 0) is 17.7 Å². The van der Waals surface area contributed by atoms with Gasteiger partial charge < -0.3 is 15.6 Å². The molecule has 3 N–H and O–H groups in total. The minimum absolute atomic E-state index is 0. The van der Waals surface area contributed by atoms with Crippen LogP contribution in [0.15, 0.2) is 29.2 Å². The Morgan fingerprint density at radius 2 is 1.59 bits per heavy atom. The third-order valence-electron chi connectivity index (χ3n) is 3.83. The first-order chi connectivity index (χ1) is 15.4. The Hall–Kier alpha value is -2.50. The number of nitrogens with one attached hydrogen (secondary N) is 3. The Labute approximate surface area is 219 Å². The van der Waals surface area contributed by atoms with Crippen molar-refractivity contribution in [2.75, 3.05) is 32.9 Å². The van der Waals surface area contributed by atoms with Crippen LogP contribution in [0.25, 0.3) is 0 Å². The van der Waals surface area contributed by atoms with Gasteiger partial charge in [-0.2, -0.15) is 9.97 Å². The van der Waals surface area contributed by atoms with Gasteiger partial charge in [0.1, 0.15) is 4.90 Å². The van der Waals surface area contributed by atoms with Crippen LogP contribution in [0.5, 0.6) is 11.8 Å². The fourth-order valence-electron chi connectivity index (χ4n) is 2.37. The van der Waals surface area contributed by atoms with Crippen LogP contribution < -0.4 is 53.8 Å². The van der Waals surface area contributed by atoms with Crippen LogP contribution >= 0.6 is 0 Å². The van der Waals surface area contributed by atoms with Gasteiger partial charge in [-0.25, -0.2) is 35.9 Å². The zero-order valence-corrected chi connectivity index (χ0v) is 22.5. The van der Waals surface area contributed by atoms with Crippen LogP contribution in [-0.4, -0.2) is 66.4 Å². The average Bonchev–Trinajstić information content (AvgIpc) is 2.75. The molecule has 17 heteroatoms. The fourth-order valence-corrected chi connectivity index (χ4v) is 3.95. The SMILES string of the molecule is COC(=O)c1ccc(CNS(C)(=O)=O)cc1S(=O)(=O)NC(=O)Nc1nc(OC)cc(OC)n1.[H-].[Na+]. The van der Waals surface area contributed by atoms with Crippen LogP contribution in [0, 0.1) is 0 Å². The normalized spacial score (nSPS) is 11.1. The summed E-state index contributed by atoms with van der Waals surface area (Å²) in [5.74, 6) is -1.23. The molecule has 1 heterocycles. The number of ether oxygens (including phenoxy) is 3. The van der Waals surface area contributed by atoms with Crippen molar-refractivity contribution in [2.45, 2.75) is 11.4 Å². The van der Waals surface area contributed by atoms with E-state index in [1.807, 2.05) is 0 Å². The van der Waals surface area contributed by atoms with Gasteiger partial charge in [-0.1, -0.05) is 6.07 Å². The maximum absolute atomic E-state index is 12.9. The van der Waals surface area contributed by atoms with Gasteiger partial charge >= 0.3 is 41.6 Å². The van der Waals surface area contributed by atoms with E-state index in [2.05, 4.69) is 24.7 Å². The average molecular weight is 528 g/mol. The molecule has 0 bridgehead atoms. The molecule has 0 atom stereocenters. The summed E-state index contributed by atoms with van der Waals surface area (Å²) >= 11 is 0. The molecule has 34 heavy (non-hydrogen) atoms. The summed E-state index contributed by atoms with van der Waals surface area (Å²) in [5, 5.41) is 2.12. The predicted octanol–water partition coefficient (Wildman–Crippen LogP) is -3.04. The number of nitrogens with zero attached hydrogens (tertiary/aromatic N) is 2. The number of hydrogen-bond donors (Lipinski definition) is 3. The molecular formula is C17H22N5NaO9S2. The second kappa shape index (κ2) is 12.3. The largest absolute Gasteiger partial charge is 1.00 e. The Morgan fingerprint density at radius 1 is 1.00 bits per heavy atom. The van der Waals surface area contributed by atoms with Crippen LogP contribution in [0.2, 0.25) is 0 Å². The molecule has 0 saturated heterocycles. The second-order valence-corrected chi connectivity index (χ2v) is 9.74. The summed E-state index contributed by atoms with van der Waals surface area (Å²) in [6.45, 7) is -0.257. The minimum atomic E-state index is -4.63. The number of esters is 1. The second-order valence-electron chi connectivity index (χ2n) is 6.25. The number of benzene rings is 1. The van der Waals surface area contributed by atoms with Crippen molar-refractivity contribution in [2.24, 2.45) is 0 Å². The van der Waals surface area contributed by atoms with Crippen molar-refractivity contribution in [3.63, 3.8) is 0 Å². The summed E-state index contributed by atoms with van der Waals surface area (Å²) in [5.41, 5.74) is -0.171. The van der Waals surface area contributed by atoms with Crippen molar-refractivity contribution in [1.29, 1.82) is 0 Å². The van der Waals surface area contributed by atoms with Crippen LogP contribution in [-0.2, 0) is 31.3 Å². The van der Waals surface area contributed by atoms with E-state index in [1.54, 1.807) is 4.72 Å². The summed E-state index contributed by atoms with van der Waals surface area (Å²) in [6.07, 6.45) is 0.926. The molecule has 0 aliphatic rings. The minimum Gasteiger partial charge on any atom is -1.00 e. The van der Waals surface area contributed by atoms with Gasteiger partial charge in [-0.15, -0.1) is 0 Å². The first kappa shape index (κ1) is 29.5. The van der Waals surface area contributed by atoms with E-state index < -0.39 is 36.9 Å². The Balaban J connectivity index is 0.00000578. The molecule has 0 spiro atoms. The van der Waals surface area contributed by atoms with Crippen LogP contribution in [0.1, 0.15) is 17.3 Å². The molecule has 0 unspecified atom stereocenters. The number of rotatable bonds is 9. The molecule has 0 saturated carbocycles. The molecule has 14 nitrogen and oxygen atoms in total. The Kier molecular flexibility index (Phi) is 10.7. The topological polar surface area (TPSA) is 192 Å².